The number of aromatic hydroxyl groups is 1. The molecule has 1 aliphatic rings. The second-order valence-corrected chi connectivity index (χ2v) is 7.65. The summed E-state index contributed by atoms with van der Waals surface area (Å²) in [5.74, 6) is 1.96. The van der Waals surface area contributed by atoms with Crippen LogP contribution in [0.15, 0.2) is 24.3 Å². The second-order valence-electron chi connectivity index (χ2n) is 5.16. The van der Waals surface area contributed by atoms with Crippen LogP contribution in [-0.4, -0.2) is 43.0 Å². The van der Waals surface area contributed by atoms with Crippen molar-refractivity contribution in [3.63, 3.8) is 0 Å². The van der Waals surface area contributed by atoms with Crippen LogP contribution in [-0.2, 0) is 0 Å². The summed E-state index contributed by atoms with van der Waals surface area (Å²) in [6, 6.07) is 6.61. The zero-order valence-corrected chi connectivity index (χ0v) is 16.5. The summed E-state index contributed by atoms with van der Waals surface area (Å²) in [6.45, 7) is 0.0821. The van der Waals surface area contributed by atoms with Gasteiger partial charge in [-0.05, 0) is 24.3 Å². The van der Waals surface area contributed by atoms with E-state index in [1.807, 2.05) is 0 Å². The van der Waals surface area contributed by atoms with Crippen molar-refractivity contribution >= 4 is 30.5 Å². The molecule has 138 valence electrons. The molecular weight excluding hydrogens is 455 g/mol. The summed E-state index contributed by atoms with van der Waals surface area (Å²) in [4.78, 5) is 12.6. The quantitative estimate of drug-likeness (QED) is 0.512. The average molecular weight is 472 g/mol. The molecular formula is C18H17IO7. The van der Waals surface area contributed by atoms with Crippen LogP contribution < -0.4 is 23.7 Å². The third-order valence-electron chi connectivity index (χ3n) is 3.65. The number of benzene rings is 2. The Hall–Kier alpha value is -2.49. The molecule has 0 unspecified atom stereocenters. The lowest BCUT2D eigenvalue weighted by Gasteiger charge is -2.13. The van der Waals surface area contributed by atoms with E-state index in [0.29, 0.717) is 34.3 Å². The zero-order chi connectivity index (χ0) is 18.7. The minimum atomic E-state index is -0.787. The van der Waals surface area contributed by atoms with E-state index in [0.717, 1.165) is 3.57 Å². The van der Waals surface area contributed by atoms with Gasteiger partial charge in [0.1, 0.15) is 0 Å². The normalized spacial score (nSPS) is 12.6. The van der Waals surface area contributed by atoms with Crippen LogP contribution >= 0.6 is 20.7 Å². The van der Waals surface area contributed by atoms with Crippen molar-refractivity contribution in [2.75, 3.05) is 28.1 Å². The Bertz CT molecular complexity index is 851. The van der Waals surface area contributed by atoms with E-state index in [1.54, 1.807) is 28.3 Å². The van der Waals surface area contributed by atoms with Crippen molar-refractivity contribution in [3.05, 3.63) is 33.4 Å². The van der Waals surface area contributed by atoms with Gasteiger partial charge < -0.3 is 28.8 Å². The largest absolute Gasteiger partial charge is 0.504 e. The Balaban J connectivity index is 1.88. The molecule has 1 N–H and O–H groups in total. The average Bonchev–Trinajstić information content (AvgIpc) is 3.14. The molecule has 1 heterocycles. The number of halogens is 1. The Morgan fingerprint density at radius 2 is 1.77 bits per heavy atom. The SMILES string of the molecule is COc1cc(C(=O)C=Ic2cc(O)c3c(c2)OCO3)cc(OC)c1OC. The molecule has 1 aliphatic heterocycles. The summed E-state index contributed by atoms with van der Waals surface area (Å²) < 4.78 is 28.7. The fourth-order valence-electron chi connectivity index (χ4n) is 2.42. The molecule has 0 amide bonds. The minimum absolute atomic E-state index is 0.0170. The molecule has 0 spiro atoms. The van der Waals surface area contributed by atoms with Crippen LogP contribution in [0, 0.1) is 3.57 Å². The number of hydrogen-bond acceptors (Lipinski definition) is 7. The van der Waals surface area contributed by atoms with Crippen LogP contribution in [0.1, 0.15) is 10.4 Å². The van der Waals surface area contributed by atoms with Crippen LogP contribution in [0.2, 0.25) is 0 Å². The first-order valence-electron chi connectivity index (χ1n) is 7.51. The minimum Gasteiger partial charge on any atom is -0.504 e. The highest BCUT2D eigenvalue weighted by Crippen LogP contribution is 2.42. The molecule has 7 nitrogen and oxygen atoms in total. The Kier molecular flexibility index (Phi) is 5.50. The summed E-state index contributed by atoms with van der Waals surface area (Å²) in [5, 5.41) is 9.96. The summed E-state index contributed by atoms with van der Waals surface area (Å²) >= 11 is -0.787. The predicted octanol–water partition coefficient (Wildman–Crippen LogP) is 2.97. The summed E-state index contributed by atoms with van der Waals surface area (Å²) in [6.07, 6.45) is 0. The monoisotopic (exact) mass is 472 g/mol. The van der Waals surface area contributed by atoms with Gasteiger partial charge in [0.15, 0.2) is 28.8 Å². The van der Waals surface area contributed by atoms with E-state index in [2.05, 4.69) is 0 Å². The molecule has 8 heteroatoms. The number of rotatable bonds is 6. The van der Waals surface area contributed by atoms with Crippen molar-refractivity contribution in [2.24, 2.45) is 0 Å². The standard InChI is InChI=1S/C18H17IO7/c1-22-14-4-10(5-15(23-2)18(14)24-3)13(21)8-19-11-6-12(20)17-16(7-11)25-9-26-17/h4-8,20H,9H2,1-3H3. The number of methoxy groups -OCH3 is 3. The van der Waals surface area contributed by atoms with Crippen LogP contribution in [0.25, 0.3) is 0 Å². The van der Waals surface area contributed by atoms with Gasteiger partial charge in [-0.25, -0.2) is 0 Å². The number of carbonyl (C=O) groups is 1. The molecule has 0 saturated heterocycles. The molecule has 0 radical (unpaired) electrons. The molecule has 0 aromatic heterocycles. The fraction of sp³-hybridized carbons (Fsp3) is 0.222. The smallest absolute Gasteiger partial charge is 0.231 e. The van der Waals surface area contributed by atoms with Crippen LogP contribution in [0.4, 0.5) is 0 Å². The first-order chi connectivity index (χ1) is 12.6. The molecule has 0 fully saturated rings. The van der Waals surface area contributed by atoms with Crippen molar-refractivity contribution in [2.45, 2.75) is 0 Å². The molecule has 3 rings (SSSR count). The Morgan fingerprint density at radius 1 is 1.08 bits per heavy atom. The van der Waals surface area contributed by atoms with Gasteiger partial charge in [0, 0.05) is 13.1 Å². The zero-order valence-electron chi connectivity index (χ0n) is 14.4. The fourth-order valence-corrected chi connectivity index (χ4v) is 4.36. The lowest BCUT2D eigenvalue weighted by molar-refractivity contribution is 0.107. The summed E-state index contributed by atoms with van der Waals surface area (Å²) in [7, 11) is 4.50. The van der Waals surface area contributed by atoms with Gasteiger partial charge in [-0.2, -0.15) is 0 Å². The van der Waals surface area contributed by atoms with E-state index in [9.17, 15) is 9.90 Å². The topological polar surface area (TPSA) is 83.5 Å². The van der Waals surface area contributed by atoms with E-state index in [1.165, 1.54) is 21.3 Å². The lowest BCUT2D eigenvalue weighted by atomic mass is 10.1. The number of ether oxygens (including phenoxy) is 5. The van der Waals surface area contributed by atoms with Gasteiger partial charge in [0.2, 0.25) is 18.3 Å². The lowest BCUT2D eigenvalue weighted by Crippen LogP contribution is -2.02. The number of fused-ring (bicyclic) bond motifs is 1. The van der Waals surface area contributed by atoms with E-state index in [4.69, 9.17) is 23.7 Å². The van der Waals surface area contributed by atoms with Gasteiger partial charge >= 0.3 is 0 Å². The molecule has 26 heavy (non-hydrogen) atoms. The molecule has 0 bridgehead atoms. The molecule has 0 atom stereocenters. The Labute approximate surface area is 160 Å². The van der Waals surface area contributed by atoms with E-state index in [-0.39, 0.29) is 18.3 Å². The van der Waals surface area contributed by atoms with Crippen LogP contribution in [0.5, 0.6) is 34.5 Å². The van der Waals surface area contributed by atoms with Crippen molar-refractivity contribution in [1.29, 1.82) is 0 Å². The highest BCUT2D eigenvalue weighted by molar-refractivity contribution is 14.2. The highest BCUT2D eigenvalue weighted by atomic mass is 127. The molecule has 2 aromatic rings. The van der Waals surface area contributed by atoms with Gasteiger partial charge in [0.05, 0.1) is 21.3 Å². The van der Waals surface area contributed by atoms with Crippen molar-refractivity contribution < 1.29 is 33.6 Å². The highest BCUT2D eigenvalue weighted by Gasteiger charge is 2.19. The second kappa shape index (κ2) is 7.81. The number of phenolic OH excluding ortho intramolecular Hbond substituents is 1. The number of carbonyl (C=O) groups excluding carboxylic acids is 1. The molecule has 0 saturated carbocycles. The molecule has 2 aromatic carbocycles. The van der Waals surface area contributed by atoms with Gasteiger partial charge in [-0.1, -0.05) is 20.7 Å². The predicted molar refractivity (Wildman–Crippen MR) is 103 cm³/mol. The third kappa shape index (κ3) is 3.55. The third-order valence-corrected chi connectivity index (χ3v) is 5.87. The van der Waals surface area contributed by atoms with Gasteiger partial charge in [-0.3, -0.25) is 4.79 Å². The maximum absolute atomic E-state index is 12.6. The number of ketones is 1. The maximum Gasteiger partial charge on any atom is 0.231 e. The maximum atomic E-state index is 12.6. The van der Waals surface area contributed by atoms with Crippen LogP contribution in [0.3, 0.4) is 0 Å². The number of Topliss-reactive ketones (excluding diaryl/α,β-unsaturated/α-hetero) is 1. The molecule has 0 aliphatic carbocycles. The van der Waals surface area contributed by atoms with Crippen molar-refractivity contribution in [1.82, 2.24) is 0 Å². The Morgan fingerprint density at radius 3 is 2.38 bits per heavy atom. The summed E-state index contributed by atoms with van der Waals surface area (Å²) in [5.41, 5.74) is 0.434. The first kappa shape index (κ1) is 18.3. The number of phenols is 1. The van der Waals surface area contributed by atoms with E-state index < -0.39 is 20.7 Å². The van der Waals surface area contributed by atoms with Gasteiger partial charge in [-0.15, -0.1) is 0 Å². The van der Waals surface area contributed by atoms with Gasteiger partial charge in [0.25, 0.3) is 0 Å². The first-order valence-corrected chi connectivity index (χ1v) is 9.83. The van der Waals surface area contributed by atoms with Crippen molar-refractivity contribution in [3.8, 4) is 34.5 Å². The number of hydrogen-bond donors (Lipinski definition) is 1. The van der Waals surface area contributed by atoms with E-state index >= 15 is 0 Å².